The molecule has 0 radical (unpaired) electrons. The molecule has 0 bridgehead atoms. The van der Waals surface area contributed by atoms with E-state index >= 15 is 0 Å². The van der Waals surface area contributed by atoms with Gasteiger partial charge in [-0.3, -0.25) is 0 Å². The number of hydrogen-bond acceptors (Lipinski definition) is 5. The molecule has 1 heterocycles. The maximum Gasteiger partial charge on any atom is 0.192 e. The minimum Gasteiger partial charge on any atom is -0.497 e. The van der Waals surface area contributed by atoms with E-state index in [1.54, 1.807) is 14.2 Å². The Bertz CT molecular complexity index is 836. The van der Waals surface area contributed by atoms with Crippen LogP contribution in [0, 0.1) is 0 Å². The van der Waals surface area contributed by atoms with Crippen molar-refractivity contribution in [3.63, 3.8) is 0 Å². The van der Waals surface area contributed by atoms with Gasteiger partial charge < -0.3 is 23.4 Å². The lowest BCUT2D eigenvalue weighted by molar-refractivity contribution is -0.0420. The molecule has 1 aliphatic heterocycles. The van der Waals surface area contributed by atoms with E-state index in [1.165, 1.54) is 5.57 Å². The van der Waals surface area contributed by atoms with Crippen molar-refractivity contribution in [1.29, 1.82) is 0 Å². The van der Waals surface area contributed by atoms with Crippen LogP contribution in [0.15, 0.2) is 60.2 Å². The lowest BCUT2D eigenvalue weighted by atomic mass is 10.0. The van der Waals surface area contributed by atoms with Crippen LogP contribution in [-0.2, 0) is 25.2 Å². The zero-order chi connectivity index (χ0) is 25.9. The van der Waals surface area contributed by atoms with E-state index in [0.717, 1.165) is 24.2 Å². The second-order valence-electron chi connectivity index (χ2n) is 10.7. The van der Waals surface area contributed by atoms with Crippen molar-refractivity contribution in [2.75, 3.05) is 27.4 Å². The topological polar surface area (TPSA) is 46.2 Å². The molecule has 5 nitrogen and oxygen atoms in total. The summed E-state index contributed by atoms with van der Waals surface area (Å²) >= 11 is 0. The zero-order valence-corrected chi connectivity index (χ0v) is 24.0. The van der Waals surface area contributed by atoms with Crippen molar-refractivity contribution in [1.82, 2.24) is 0 Å². The van der Waals surface area contributed by atoms with Crippen molar-refractivity contribution in [3.05, 3.63) is 65.8 Å². The molecule has 2 rings (SSSR count). The van der Waals surface area contributed by atoms with Gasteiger partial charge in [0.1, 0.15) is 11.9 Å². The molecule has 0 aliphatic carbocycles. The van der Waals surface area contributed by atoms with E-state index in [0.29, 0.717) is 19.8 Å². The Hall–Kier alpha value is -1.70. The summed E-state index contributed by atoms with van der Waals surface area (Å²) in [4.78, 5) is 0. The smallest absolute Gasteiger partial charge is 0.192 e. The van der Waals surface area contributed by atoms with Crippen LogP contribution >= 0.6 is 0 Å². The molecule has 0 saturated carbocycles. The second kappa shape index (κ2) is 14.1. The van der Waals surface area contributed by atoms with Crippen molar-refractivity contribution in [3.8, 4) is 5.75 Å². The molecule has 0 amide bonds. The van der Waals surface area contributed by atoms with Crippen LogP contribution in [0.5, 0.6) is 5.75 Å². The van der Waals surface area contributed by atoms with E-state index in [4.69, 9.17) is 23.4 Å². The Kier molecular flexibility index (Phi) is 11.9. The van der Waals surface area contributed by atoms with Crippen molar-refractivity contribution in [2.45, 2.75) is 83.6 Å². The molecule has 0 fully saturated rings. The number of ether oxygens (including phenoxy) is 4. The van der Waals surface area contributed by atoms with Crippen LogP contribution in [0.3, 0.4) is 0 Å². The molecule has 0 aromatic heterocycles. The first kappa shape index (κ1) is 29.5. The molecule has 6 heteroatoms. The van der Waals surface area contributed by atoms with Crippen molar-refractivity contribution >= 4 is 8.32 Å². The molecule has 0 saturated heterocycles. The minimum absolute atomic E-state index is 0.0772. The average Bonchev–Trinajstić information content (AvgIpc) is 2.81. The first-order valence-corrected chi connectivity index (χ1v) is 15.5. The number of hydrogen-bond donors (Lipinski definition) is 0. The highest BCUT2D eigenvalue weighted by atomic mass is 28.4. The van der Waals surface area contributed by atoms with E-state index in [1.807, 2.05) is 24.3 Å². The lowest BCUT2D eigenvalue weighted by Gasteiger charge is -2.35. The van der Waals surface area contributed by atoms with E-state index in [2.05, 4.69) is 71.2 Å². The van der Waals surface area contributed by atoms with Crippen molar-refractivity contribution in [2.24, 2.45) is 0 Å². The summed E-state index contributed by atoms with van der Waals surface area (Å²) in [5.74, 6) is 0.837. The normalized spacial score (nSPS) is 19.2. The van der Waals surface area contributed by atoms with E-state index < -0.39 is 8.32 Å². The Labute approximate surface area is 214 Å². The number of benzene rings is 1. The maximum absolute atomic E-state index is 6.36. The first-order valence-electron chi connectivity index (χ1n) is 12.6. The third-order valence-electron chi connectivity index (χ3n) is 6.92. The van der Waals surface area contributed by atoms with Gasteiger partial charge >= 0.3 is 0 Å². The molecular formula is C29H46O5Si. The van der Waals surface area contributed by atoms with Gasteiger partial charge in [0.15, 0.2) is 8.32 Å². The van der Waals surface area contributed by atoms with Gasteiger partial charge in [-0.25, -0.2) is 0 Å². The van der Waals surface area contributed by atoms with Crippen LogP contribution in [0.4, 0.5) is 0 Å². The Morgan fingerprint density at radius 1 is 1.11 bits per heavy atom. The molecule has 0 spiro atoms. The molecule has 1 unspecified atom stereocenters. The van der Waals surface area contributed by atoms with E-state index in [-0.39, 0.29) is 23.4 Å². The van der Waals surface area contributed by atoms with Gasteiger partial charge in [-0.2, -0.15) is 0 Å². The van der Waals surface area contributed by atoms with Crippen LogP contribution in [0.2, 0.25) is 18.1 Å². The quantitative estimate of drug-likeness (QED) is 0.218. The maximum atomic E-state index is 6.36. The van der Waals surface area contributed by atoms with Crippen LogP contribution in [0.1, 0.15) is 46.1 Å². The highest BCUT2D eigenvalue weighted by molar-refractivity contribution is 6.74. The van der Waals surface area contributed by atoms with Gasteiger partial charge in [0.05, 0.1) is 39.1 Å². The zero-order valence-electron chi connectivity index (χ0n) is 23.0. The largest absolute Gasteiger partial charge is 0.497 e. The summed E-state index contributed by atoms with van der Waals surface area (Å²) in [5.41, 5.74) is 2.45. The van der Waals surface area contributed by atoms with Gasteiger partial charge in [0, 0.05) is 7.11 Å². The monoisotopic (exact) mass is 502 g/mol. The molecule has 0 N–H and O–H groups in total. The first-order chi connectivity index (χ1) is 16.6. The molecule has 1 aromatic rings. The van der Waals surface area contributed by atoms with Crippen LogP contribution in [-0.4, -0.2) is 54.1 Å². The van der Waals surface area contributed by atoms with Crippen molar-refractivity contribution < 1.29 is 23.4 Å². The average molecular weight is 503 g/mol. The summed E-state index contributed by atoms with van der Waals surface area (Å²) in [5, 5.41) is 0.200. The summed E-state index contributed by atoms with van der Waals surface area (Å²) in [6.07, 6.45) is 12.0. The van der Waals surface area contributed by atoms with Crippen LogP contribution < -0.4 is 4.74 Å². The molecule has 1 aromatic carbocycles. The molecular weight excluding hydrogens is 456 g/mol. The van der Waals surface area contributed by atoms with Gasteiger partial charge in [-0.15, -0.1) is 0 Å². The Morgan fingerprint density at radius 3 is 2.43 bits per heavy atom. The third kappa shape index (κ3) is 10.1. The van der Waals surface area contributed by atoms with Gasteiger partial charge in [0.2, 0.25) is 0 Å². The summed E-state index contributed by atoms with van der Waals surface area (Å²) in [6, 6.07) is 7.97. The third-order valence-corrected chi connectivity index (χ3v) is 11.4. The predicted molar refractivity (Wildman–Crippen MR) is 147 cm³/mol. The lowest BCUT2D eigenvalue weighted by Crippen LogP contribution is -2.40. The van der Waals surface area contributed by atoms with Crippen LogP contribution in [0.25, 0.3) is 0 Å². The summed E-state index contributed by atoms with van der Waals surface area (Å²) in [7, 11) is 1.64. The fraction of sp³-hybridized carbons (Fsp3) is 0.586. The standard InChI is InChI=1S/C29H46O5Si/c1-23-18-20-32-26(21-23)16-17-27(31-6)28(33-22-24-12-14-25(30-5)15-13-24)11-9-10-19-34-35(7,8)29(2,3)4/h9-10,12-18,26-28H,11,19-22H2,1-8H3/b10-9+,17-16+/t26-,27?,28+/m1/s1. The van der Waals surface area contributed by atoms with Gasteiger partial charge in [0.25, 0.3) is 0 Å². The highest BCUT2D eigenvalue weighted by Gasteiger charge is 2.36. The SMILES string of the molecule is COc1ccc(CO[C@@H](C/C=C/CO[Si](C)(C)C(C)(C)C)C(/C=C/[C@@H]2CC(C)=CCO2)OC)cc1. The van der Waals surface area contributed by atoms with Gasteiger partial charge in [-0.1, -0.05) is 68.9 Å². The minimum atomic E-state index is -1.76. The Balaban J connectivity index is 2.04. The molecule has 3 atom stereocenters. The second-order valence-corrected chi connectivity index (χ2v) is 15.5. The van der Waals surface area contributed by atoms with E-state index in [9.17, 15) is 0 Å². The summed E-state index contributed by atoms with van der Waals surface area (Å²) in [6.45, 7) is 15.3. The summed E-state index contributed by atoms with van der Waals surface area (Å²) < 4.78 is 29.6. The predicted octanol–water partition coefficient (Wildman–Crippen LogP) is 6.85. The molecule has 1 aliphatic rings. The molecule has 35 heavy (non-hydrogen) atoms. The fourth-order valence-electron chi connectivity index (χ4n) is 3.48. The highest BCUT2D eigenvalue weighted by Crippen LogP contribution is 2.36. The fourth-order valence-corrected chi connectivity index (χ4v) is 4.42. The number of rotatable bonds is 13. The van der Waals surface area contributed by atoms with Gasteiger partial charge in [-0.05, 0) is 55.6 Å². The Morgan fingerprint density at radius 2 is 1.83 bits per heavy atom. The number of methoxy groups -OCH3 is 2. The molecule has 196 valence electrons.